The molecule has 0 aromatic heterocycles. The molecule has 3 saturated carbocycles. The molecule has 3 aliphatic carbocycles. The monoisotopic (exact) mass is 674 g/mol. The van der Waals surface area contributed by atoms with Crippen LogP contribution in [0.3, 0.4) is 0 Å². The molecule has 10 nitrogen and oxygen atoms in total. The van der Waals surface area contributed by atoms with Crippen LogP contribution in [0.2, 0.25) is 0 Å². The van der Waals surface area contributed by atoms with E-state index in [1.165, 1.54) is 0 Å². The van der Waals surface area contributed by atoms with Crippen molar-refractivity contribution in [3.63, 3.8) is 0 Å². The average Bonchev–Trinajstić information content (AvgIpc) is 4.03. The number of ether oxygens (including phenoxy) is 2. The van der Waals surface area contributed by atoms with Crippen molar-refractivity contribution < 1.29 is 38.9 Å². The van der Waals surface area contributed by atoms with Gasteiger partial charge in [-0.15, -0.1) is 0 Å². The third kappa shape index (κ3) is 7.19. The van der Waals surface area contributed by atoms with Crippen LogP contribution < -0.4 is 9.47 Å². The van der Waals surface area contributed by atoms with Crippen molar-refractivity contribution in [1.82, 2.24) is 9.80 Å². The van der Waals surface area contributed by atoms with Crippen molar-refractivity contribution in [1.29, 1.82) is 0 Å². The van der Waals surface area contributed by atoms with Gasteiger partial charge in [-0.2, -0.15) is 0 Å². The number of carbonyl (C=O) groups is 4. The summed E-state index contributed by atoms with van der Waals surface area (Å²) < 4.78 is 11.8. The number of amides is 2. The Morgan fingerprint density at radius 2 is 0.800 bits per heavy atom. The minimum absolute atomic E-state index is 0.113. The maximum absolute atomic E-state index is 14.1. The van der Waals surface area contributed by atoms with E-state index in [4.69, 9.17) is 9.47 Å². The quantitative estimate of drug-likeness (QED) is 0.153. The number of aliphatic carboxylic acids is 2. The molecule has 0 bridgehead atoms. The van der Waals surface area contributed by atoms with Crippen LogP contribution in [0.5, 0.6) is 23.0 Å². The van der Waals surface area contributed by atoms with E-state index in [0.717, 1.165) is 36.8 Å². The molecule has 4 aromatic rings. The number of hydrogen-bond donors (Lipinski definition) is 2. The van der Waals surface area contributed by atoms with Crippen LogP contribution in [0.15, 0.2) is 109 Å². The number of carbonyl (C=O) groups excluding carboxylic acids is 2. The van der Waals surface area contributed by atoms with Gasteiger partial charge in [-0.05, 0) is 85.3 Å². The van der Waals surface area contributed by atoms with E-state index in [1.807, 2.05) is 84.9 Å². The van der Waals surface area contributed by atoms with Crippen molar-refractivity contribution >= 4 is 23.8 Å². The fourth-order valence-corrected chi connectivity index (χ4v) is 6.87. The summed E-state index contributed by atoms with van der Waals surface area (Å²) in [7, 11) is 0. The maximum atomic E-state index is 14.1. The lowest BCUT2D eigenvalue weighted by molar-refractivity contribution is -0.188. The largest absolute Gasteiger partial charge is 0.481 e. The first-order valence-electron chi connectivity index (χ1n) is 17.0. The van der Waals surface area contributed by atoms with E-state index in [-0.39, 0.29) is 25.2 Å². The summed E-state index contributed by atoms with van der Waals surface area (Å²) in [6, 6.07) is 33.0. The molecule has 0 unspecified atom stereocenters. The number of nitrogens with zero attached hydrogens (tertiary/aromatic N) is 2. The molecule has 0 spiro atoms. The van der Waals surface area contributed by atoms with Crippen molar-refractivity contribution in [3.8, 4) is 23.0 Å². The lowest BCUT2D eigenvalue weighted by Crippen LogP contribution is -2.64. The predicted octanol–water partition coefficient (Wildman–Crippen LogP) is 6.60. The highest BCUT2D eigenvalue weighted by Crippen LogP contribution is 2.51. The van der Waals surface area contributed by atoms with Gasteiger partial charge in [-0.1, -0.05) is 60.7 Å². The standard InChI is InChI=1S/C40H38N2O8/c43-37(41(27-15-16-27)23-25-11-19-31(20-12-25)49-29-7-3-1-4-8-29)33-35(39(45)46)34(36(33)40(47)48)38(44)42(28-17-18-28)24-26-13-21-32(22-14-26)50-30-9-5-2-6-10-30/h1-14,19-22,27-28,33-36H,15-18,23-24H2,(H,45,46)(H,47,48)/t33-,34-,35-,36-. The van der Waals surface area contributed by atoms with Crippen LogP contribution in [-0.2, 0) is 32.3 Å². The summed E-state index contributed by atoms with van der Waals surface area (Å²) >= 11 is 0. The van der Waals surface area contributed by atoms with Gasteiger partial charge in [0.05, 0.1) is 23.7 Å². The molecule has 0 heterocycles. The second-order valence-electron chi connectivity index (χ2n) is 13.3. The minimum atomic E-state index is -1.44. The summed E-state index contributed by atoms with van der Waals surface area (Å²) in [6.45, 7) is 0.391. The Hall–Kier alpha value is -5.64. The molecule has 4 aromatic carbocycles. The molecule has 0 aliphatic heterocycles. The molecule has 2 amide bonds. The first-order valence-corrected chi connectivity index (χ1v) is 17.0. The molecule has 0 atom stereocenters. The van der Waals surface area contributed by atoms with Gasteiger partial charge in [0.1, 0.15) is 23.0 Å². The van der Waals surface area contributed by atoms with Gasteiger partial charge >= 0.3 is 11.9 Å². The van der Waals surface area contributed by atoms with Gasteiger partial charge in [0.15, 0.2) is 0 Å². The second kappa shape index (κ2) is 14.1. The van der Waals surface area contributed by atoms with E-state index in [1.54, 1.807) is 34.1 Å². The molecule has 3 fully saturated rings. The molecule has 50 heavy (non-hydrogen) atoms. The number of carboxylic acids is 2. The highest BCUT2D eigenvalue weighted by atomic mass is 16.5. The van der Waals surface area contributed by atoms with Crippen LogP contribution in [0.4, 0.5) is 0 Å². The number of benzene rings is 4. The Bertz CT molecular complexity index is 1700. The van der Waals surface area contributed by atoms with E-state index >= 15 is 0 Å². The van der Waals surface area contributed by atoms with Crippen LogP contribution in [-0.4, -0.2) is 55.8 Å². The zero-order valence-electron chi connectivity index (χ0n) is 27.3. The van der Waals surface area contributed by atoms with Crippen LogP contribution in [0.25, 0.3) is 0 Å². The van der Waals surface area contributed by atoms with Crippen LogP contribution >= 0.6 is 0 Å². The topological polar surface area (TPSA) is 134 Å². The highest BCUT2D eigenvalue weighted by molar-refractivity contribution is 6.00. The van der Waals surface area contributed by atoms with Crippen molar-refractivity contribution in [2.45, 2.75) is 50.9 Å². The lowest BCUT2D eigenvalue weighted by Gasteiger charge is -2.48. The summed E-state index contributed by atoms with van der Waals surface area (Å²) in [6.07, 6.45) is 2.98. The minimum Gasteiger partial charge on any atom is -0.481 e. The van der Waals surface area contributed by atoms with E-state index in [0.29, 0.717) is 23.0 Å². The maximum Gasteiger partial charge on any atom is 0.308 e. The smallest absolute Gasteiger partial charge is 0.308 e. The summed E-state index contributed by atoms with van der Waals surface area (Å²) in [5.74, 6) is -6.70. The van der Waals surface area contributed by atoms with Crippen LogP contribution in [0, 0.1) is 23.7 Å². The van der Waals surface area contributed by atoms with Gasteiger partial charge < -0.3 is 29.5 Å². The molecule has 256 valence electrons. The van der Waals surface area contributed by atoms with Gasteiger partial charge in [0, 0.05) is 25.2 Å². The number of carboxylic acid groups (broad SMARTS) is 2. The normalized spacial score (nSPS) is 21.0. The molecule has 0 radical (unpaired) electrons. The average molecular weight is 675 g/mol. The highest BCUT2D eigenvalue weighted by Gasteiger charge is 2.65. The van der Waals surface area contributed by atoms with Gasteiger partial charge in [-0.25, -0.2) is 0 Å². The predicted molar refractivity (Wildman–Crippen MR) is 182 cm³/mol. The fourth-order valence-electron chi connectivity index (χ4n) is 6.87. The van der Waals surface area contributed by atoms with Crippen molar-refractivity contribution in [3.05, 3.63) is 120 Å². The molecule has 0 saturated heterocycles. The first kappa shape index (κ1) is 32.9. The molecule has 10 heteroatoms. The Balaban J connectivity index is 1.06. The Kier molecular flexibility index (Phi) is 9.25. The number of para-hydroxylation sites is 2. The molecule has 7 rings (SSSR count). The third-order valence-corrected chi connectivity index (χ3v) is 9.74. The fraction of sp³-hybridized carbons (Fsp3) is 0.300. The number of hydrogen-bond acceptors (Lipinski definition) is 6. The Morgan fingerprint density at radius 3 is 1.10 bits per heavy atom. The SMILES string of the molecule is O=C(O)[C@H]1[C@H](C(=O)N(Cc2ccc(Oc3ccccc3)cc2)C2CC2)[C@H](C(=O)O)[C@H]1C(=O)N(Cc1ccc(Oc2ccccc2)cc1)C1CC1. The zero-order valence-corrected chi connectivity index (χ0v) is 27.3. The number of rotatable bonds is 14. The van der Waals surface area contributed by atoms with Gasteiger partial charge in [0.25, 0.3) is 0 Å². The summed E-state index contributed by atoms with van der Waals surface area (Å²) in [5.41, 5.74) is 1.60. The Labute approximate surface area is 289 Å². The molecular formula is C40H38N2O8. The van der Waals surface area contributed by atoms with Gasteiger partial charge in [-0.3, -0.25) is 19.2 Å². The van der Waals surface area contributed by atoms with E-state index in [2.05, 4.69) is 0 Å². The summed E-state index contributed by atoms with van der Waals surface area (Å²) in [4.78, 5) is 56.9. The van der Waals surface area contributed by atoms with Crippen LogP contribution in [0.1, 0.15) is 36.8 Å². The van der Waals surface area contributed by atoms with Crippen molar-refractivity contribution in [2.24, 2.45) is 23.7 Å². The second-order valence-corrected chi connectivity index (χ2v) is 13.3. The Morgan fingerprint density at radius 1 is 0.480 bits per heavy atom. The van der Waals surface area contributed by atoms with E-state index in [9.17, 15) is 29.4 Å². The lowest BCUT2D eigenvalue weighted by atomic mass is 9.55. The molecular weight excluding hydrogens is 636 g/mol. The molecule has 3 aliphatic rings. The van der Waals surface area contributed by atoms with E-state index < -0.39 is 47.4 Å². The summed E-state index contributed by atoms with van der Waals surface area (Å²) in [5, 5.41) is 20.7. The zero-order chi connectivity index (χ0) is 34.8. The molecule has 2 N–H and O–H groups in total. The third-order valence-electron chi connectivity index (χ3n) is 9.74. The van der Waals surface area contributed by atoms with Gasteiger partial charge in [0.2, 0.25) is 11.8 Å². The first-order chi connectivity index (χ1) is 24.3. The van der Waals surface area contributed by atoms with Crippen molar-refractivity contribution in [2.75, 3.05) is 0 Å².